The Morgan fingerprint density at radius 2 is 1.94 bits per heavy atom. The molecule has 0 aliphatic carbocycles. The Labute approximate surface area is 107 Å². The zero-order chi connectivity index (χ0) is 13.5. The van der Waals surface area contributed by atoms with E-state index in [9.17, 15) is 9.90 Å². The van der Waals surface area contributed by atoms with E-state index < -0.39 is 17.4 Å². The van der Waals surface area contributed by atoms with Gasteiger partial charge < -0.3 is 15.6 Å². The summed E-state index contributed by atoms with van der Waals surface area (Å²) >= 11 is 0. The molecule has 4 nitrogen and oxygen atoms in total. The highest BCUT2D eigenvalue weighted by Crippen LogP contribution is 2.40. The molecule has 1 unspecified atom stereocenters. The van der Waals surface area contributed by atoms with Crippen LogP contribution in [0.15, 0.2) is 12.1 Å². The van der Waals surface area contributed by atoms with Crippen LogP contribution in [-0.2, 0) is 9.53 Å². The van der Waals surface area contributed by atoms with Crippen LogP contribution in [0, 0.1) is 26.2 Å². The Balaban J connectivity index is 2.43. The van der Waals surface area contributed by atoms with Gasteiger partial charge in [0.1, 0.15) is 5.41 Å². The van der Waals surface area contributed by atoms with Crippen molar-refractivity contribution in [3.63, 3.8) is 0 Å². The van der Waals surface area contributed by atoms with E-state index in [4.69, 9.17) is 10.5 Å². The largest absolute Gasteiger partial charge is 0.481 e. The second-order valence-electron chi connectivity index (χ2n) is 5.15. The van der Waals surface area contributed by atoms with Crippen LogP contribution >= 0.6 is 0 Å². The van der Waals surface area contributed by atoms with Gasteiger partial charge in [-0.1, -0.05) is 12.1 Å². The molecule has 3 N–H and O–H groups in total. The minimum Gasteiger partial charge on any atom is -0.481 e. The zero-order valence-corrected chi connectivity index (χ0v) is 11.0. The minimum atomic E-state index is -0.966. The monoisotopic (exact) mass is 249 g/mol. The van der Waals surface area contributed by atoms with E-state index in [1.54, 1.807) is 0 Å². The highest BCUT2D eigenvalue weighted by atomic mass is 16.5. The number of hydrogen-bond acceptors (Lipinski definition) is 3. The van der Waals surface area contributed by atoms with Crippen LogP contribution in [0.25, 0.3) is 0 Å². The lowest BCUT2D eigenvalue weighted by molar-refractivity contribution is -0.184. The standard InChI is InChI=1S/C14H19NO3/c1-8-4-5-11(10(3)9(8)2)12(15)14(13(16)17)6-18-7-14/h4-5,12H,6-7,15H2,1-3H3,(H,16,17). The predicted molar refractivity (Wildman–Crippen MR) is 68.5 cm³/mol. The first-order valence-corrected chi connectivity index (χ1v) is 6.03. The van der Waals surface area contributed by atoms with Gasteiger partial charge in [0, 0.05) is 0 Å². The molecule has 1 aliphatic rings. The number of nitrogens with two attached hydrogens (primary N) is 1. The summed E-state index contributed by atoms with van der Waals surface area (Å²) in [5.41, 5.74) is 9.58. The number of aliphatic carboxylic acids is 1. The quantitative estimate of drug-likeness (QED) is 0.855. The lowest BCUT2D eigenvalue weighted by Gasteiger charge is -2.42. The lowest BCUT2D eigenvalue weighted by atomic mass is 9.74. The van der Waals surface area contributed by atoms with Crippen molar-refractivity contribution in [2.45, 2.75) is 26.8 Å². The van der Waals surface area contributed by atoms with Crippen molar-refractivity contribution in [1.82, 2.24) is 0 Å². The fourth-order valence-electron chi connectivity index (χ4n) is 2.37. The fraction of sp³-hybridized carbons (Fsp3) is 0.500. The molecule has 0 spiro atoms. The maximum Gasteiger partial charge on any atom is 0.316 e. The third-order valence-electron chi connectivity index (χ3n) is 4.18. The zero-order valence-electron chi connectivity index (χ0n) is 11.0. The van der Waals surface area contributed by atoms with Crippen molar-refractivity contribution in [2.24, 2.45) is 11.1 Å². The molecule has 0 radical (unpaired) electrons. The van der Waals surface area contributed by atoms with Gasteiger partial charge in [0.05, 0.1) is 19.3 Å². The summed E-state index contributed by atoms with van der Waals surface area (Å²) in [6.07, 6.45) is 0. The Morgan fingerprint density at radius 1 is 1.33 bits per heavy atom. The normalized spacial score (nSPS) is 19.1. The average molecular weight is 249 g/mol. The third-order valence-corrected chi connectivity index (χ3v) is 4.18. The number of carboxylic acids is 1. The van der Waals surface area contributed by atoms with E-state index in [1.165, 1.54) is 11.1 Å². The summed E-state index contributed by atoms with van der Waals surface area (Å²) in [4.78, 5) is 11.4. The third kappa shape index (κ3) is 1.72. The van der Waals surface area contributed by atoms with Gasteiger partial charge in [0.15, 0.2) is 0 Å². The van der Waals surface area contributed by atoms with Gasteiger partial charge in [-0.25, -0.2) is 0 Å². The van der Waals surface area contributed by atoms with Crippen LogP contribution in [0.1, 0.15) is 28.3 Å². The van der Waals surface area contributed by atoms with Crippen LogP contribution in [0.2, 0.25) is 0 Å². The maximum atomic E-state index is 11.4. The molecule has 0 aromatic heterocycles. The van der Waals surface area contributed by atoms with Crippen molar-refractivity contribution >= 4 is 5.97 Å². The number of carbonyl (C=O) groups is 1. The summed E-state index contributed by atoms with van der Waals surface area (Å²) in [6.45, 7) is 6.45. The Kier molecular flexibility index (Phi) is 3.17. The molecule has 0 saturated carbocycles. The maximum absolute atomic E-state index is 11.4. The SMILES string of the molecule is Cc1ccc(C(N)C2(C(=O)O)COC2)c(C)c1C. The molecule has 1 aliphatic heterocycles. The topological polar surface area (TPSA) is 72.6 Å². The van der Waals surface area contributed by atoms with E-state index in [2.05, 4.69) is 0 Å². The Morgan fingerprint density at radius 3 is 2.39 bits per heavy atom. The number of carboxylic acid groups (broad SMARTS) is 1. The number of aryl methyl sites for hydroxylation is 1. The summed E-state index contributed by atoms with van der Waals surface area (Å²) in [5.74, 6) is -0.876. The van der Waals surface area contributed by atoms with Crippen LogP contribution in [0.4, 0.5) is 0 Å². The van der Waals surface area contributed by atoms with Gasteiger partial charge in [-0.3, -0.25) is 4.79 Å². The van der Waals surface area contributed by atoms with Gasteiger partial charge in [0.25, 0.3) is 0 Å². The van der Waals surface area contributed by atoms with Crippen LogP contribution in [0.3, 0.4) is 0 Å². The van der Waals surface area contributed by atoms with E-state index in [0.29, 0.717) is 0 Å². The summed E-state index contributed by atoms with van der Waals surface area (Å²) in [6, 6.07) is 3.40. The van der Waals surface area contributed by atoms with Crippen molar-refractivity contribution in [2.75, 3.05) is 13.2 Å². The number of rotatable bonds is 3. The molecule has 0 bridgehead atoms. The summed E-state index contributed by atoms with van der Waals surface area (Å²) < 4.78 is 5.08. The van der Waals surface area contributed by atoms with Gasteiger partial charge in [-0.2, -0.15) is 0 Å². The molecule has 1 aromatic carbocycles. The van der Waals surface area contributed by atoms with Gasteiger partial charge in [0.2, 0.25) is 0 Å². The molecule has 4 heteroatoms. The molecule has 1 heterocycles. The number of benzene rings is 1. The molecule has 1 saturated heterocycles. The van der Waals surface area contributed by atoms with E-state index in [0.717, 1.165) is 11.1 Å². The number of ether oxygens (including phenoxy) is 1. The minimum absolute atomic E-state index is 0.190. The molecule has 98 valence electrons. The first kappa shape index (κ1) is 13.1. The van der Waals surface area contributed by atoms with Crippen molar-refractivity contribution in [3.8, 4) is 0 Å². The van der Waals surface area contributed by atoms with Crippen molar-refractivity contribution < 1.29 is 14.6 Å². The second kappa shape index (κ2) is 4.37. The molecular weight excluding hydrogens is 230 g/mol. The highest BCUT2D eigenvalue weighted by Gasteiger charge is 2.52. The lowest BCUT2D eigenvalue weighted by Crippen LogP contribution is -2.55. The smallest absolute Gasteiger partial charge is 0.316 e. The van der Waals surface area contributed by atoms with Crippen LogP contribution in [-0.4, -0.2) is 24.3 Å². The van der Waals surface area contributed by atoms with E-state index >= 15 is 0 Å². The fourth-order valence-corrected chi connectivity index (χ4v) is 2.37. The van der Waals surface area contributed by atoms with E-state index in [-0.39, 0.29) is 13.2 Å². The first-order valence-electron chi connectivity index (χ1n) is 6.03. The van der Waals surface area contributed by atoms with Gasteiger partial charge >= 0.3 is 5.97 Å². The first-order chi connectivity index (χ1) is 8.40. The molecular formula is C14H19NO3. The van der Waals surface area contributed by atoms with Crippen LogP contribution < -0.4 is 5.73 Å². The Hall–Kier alpha value is -1.39. The molecule has 0 amide bonds. The molecule has 2 rings (SSSR count). The molecule has 1 fully saturated rings. The van der Waals surface area contributed by atoms with Gasteiger partial charge in [-0.15, -0.1) is 0 Å². The summed E-state index contributed by atoms with van der Waals surface area (Å²) in [7, 11) is 0. The average Bonchev–Trinajstić information content (AvgIpc) is 2.23. The highest BCUT2D eigenvalue weighted by molar-refractivity contribution is 5.77. The second-order valence-corrected chi connectivity index (χ2v) is 5.15. The molecule has 18 heavy (non-hydrogen) atoms. The van der Waals surface area contributed by atoms with E-state index in [1.807, 2.05) is 32.9 Å². The Bertz CT molecular complexity index is 492. The van der Waals surface area contributed by atoms with Crippen molar-refractivity contribution in [1.29, 1.82) is 0 Å². The van der Waals surface area contributed by atoms with Gasteiger partial charge in [-0.05, 0) is 43.0 Å². The number of hydrogen-bond donors (Lipinski definition) is 2. The molecule has 1 atom stereocenters. The predicted octanol–water partition coefficient (Wildman–Crippen LogP) is 1.71. The molecule has 1 aromatic rings. The summed E-state index contributed by atoms with van der Waals surface area (Å²) in [5, 5.41) is 9.37. The van der Waals surface area contributed by atoms with Crippen molar-refractivity contribution in [3.05, 3.63) is 34.4 Å². The van der Waals surface area contributed by atoms with Crippen LogP contribution in [0.5, 0.6) is 0 Å².